The highest BCUT2D eigenvalue weighted by molar-refractivity contribution is 5.76. The summed E-state index contributed by atoms with van der Waals surface area (Å²) >= 11 is 0. The van der Waals surface area contributed by atoms with Gasteiger partial charge in [-0.1, -0.05) is 19.0 Å². The third kappa shape index (κ3) is 5.42. The van der Waals surface area contributed by atoms with E-state index < -0.39 is 6.04 Å². The summed E-state index contributed by atoms with van der Waals surface area (Å²) in [5.74, 6) is 0.614. The summed E-state index contributed by atoms with van der Waals surface area (Å²) in [6, 6.07) is 5.38. The number of nitrogens with zero attached hydrogens (tertiary/aromatic N) is 2. The van der Waals surface area contributed by atoms with Crippen molar-refractivity contribution in [1.82, 2.24) is 15.5 Å². The number of hydrogen-bond acceptors (Lipinski definition) is 5. The Kier molecular flexibility index (Phi) is 6.43. The van der Waals surface area contributed by atoms with E-state index in [1.807, 2.05) is 0 Å². The van der Waals surface area contributed by atoms with Crippen molar-refractivity contribution in [3.8, 4) is 11.4 Å². The zero-order chi connectivity index (χ0) is 17.5. The Balaban J connectivity index is 1.85. The van der Waals surface area contributed by atoms with Gasteiger partial charge in [-0.15, -0.1) is 0 Å². The zero-order valence-electron chi connectivity index (χ0n) is 14.1. The average molecular weight is 335 g/mol. The van der Waals surface area contributed by atoms with Crippen LogP contribution in [0.25, 0.3) is 11.4 Å². The van der Waals surface area contributed by atoms with Crippen molar-refractivity contribution < 1.29 is 18.4 Å². The van der Waals surface area contributed by atoms with Gasteiger partial charge in [-0.2, -0.15) is 4.98 Å². The Morgan fingerprint density at radius 3 is 2.67 bits per heavy atom. The van der Waals surface area contributed by atoms with E-state index in [9.17, 15) is 9.18 Å². The summed E-state index contributed by atoms with van der Waals surface area (Å²) in [7, 11) is 0. The van der Waals surface area contributed by atoms with E-state index >= 15 is 0 Å². The Morgan fingerprint density at radius 1 is 1.29 bits per heavy atom. The summed E-state index contributed by atoms with van der Waals surface area (Å²) in [6.45, 7) is 6.87. The fraction of sp³-hybridized carbons (Fsp3) is 0.471. The van der Waals surface area contributed by atoms with Crippen LogP contribution in [-0.4, -0.2) is 29.3 Å². The van der Waals surface area contributed by atoms with Crippen LogP contribution < -0.4 is 5.32 Å². The van der Waals surface area contributed by atoms with Crippen LogP contribution in [0.4, 0.5) is 4.39 Å². The van der Waals surface area contributed by atoms with Gasteiger partial charge in [0.2, 0.25) is 17.6 Å². The van der Waals surface area contributed by atoms with Crippen LogP contribution in [0.1, 0.15) is 39.1 Å². The molecule has 7 heteroatoms. The van der Waals surface area contributed by atoms with Gasteiger partial charge in [0.05, 0.1) is 6.61 Å². The van der Waals surface area contributed by atoms with Gasteiger partial charge in [-0.05, 0) is 37.1 Å². The van der Waals surface area contributed by atoms with Crippen molar-refractivity contribution in [3.05, 3.63) is 36.0 Å². The molecular weight excluding hydrogens is 313 g/mol. The average Bonchev–Trinajstić information content (AvgIpc) is 3.02. The minimum atomic E-state index is -0.413. The third-order valence-corrected chi connectivity index (χ3v) is 3.22. The lowest BCUT2D eigenvalue weighted by atomic mass is 10.2. The van der Waals surface area contributed by atoms with Crippen LogP contribution in [0.5, 0.6) is 0 Å². The van der Waals surface area contributed by atoms with Gasteiger partial charge in [-0.3, -0.25) is 4.79 Å². The molecule has 6 nitrogen and oxygen atoms in total. The standard InChI is InChI=1S/C17H22FN3O3/c1-11(2)10-23-9-8-15(22)19-12(3)17-20-16(21-24-17)13-4-6-14(18)7-5-13/h4-7,11-12H,8-10H2,1-3H3,(H,19,22)/t12-/m0/s1. The molecule has 0 radical (unpaired) electrons. The molecule has 1 atom stereocenters. The second kappa shape index (κ2) is 8.54. The van der Waals surface area contributed by atoms with Gasteiger partial charge in [0.25, 0.3) is 0 Å². The smallest absolute Gasteiger partial charge is 0.249 e. The molecule has 0 saturated carbocycles. The van der Waals surface area contributed by atoms with Gasteiger partial charge in [0.15, 0.2) is 0 Å². The predicted octanol–water partition coefficient (Wildman–Crippen LogP) is 3.12. The van der Waals surface area contributed by atoms with E-state index in [1.54, 1.807) is 19.1 Å². The van der Waals surface area contributed by atoms with E-state index in [4.69, 9.17) is 9.26 Å². The molecular formula is C17H22FN3O3. The molecule has 0 aliphatic carbocycles. The highest BCUT2D eigenvalue weighted by atomic mass is 19.1. The molecule has 130 valence electrons. The first-order valence-electron chi connectivity index (χ1n) is 7.92. The topological polar surface area (TPSA) is 77.2 Å². The second-order valence-electron chi connectivity index (χ2n) is 5.97. The summed E-state index contributed by atoms with van der Waals surface area (Å²) < 4.78 is 23.5. The molecule has 1 aromatic carbocycles. The molecule has 1 N–H and O–H groups in total. The van der Waals surface area contributed by atoms with Crippen LogP contribution in [-0.2, 0) is 9.53 Å². The fourth-order valence-corrected chi connectivity index (χ4v) is 1.99. The van der Waals surface area contributed by atoms with Crippen molar-refractivity contribution in [1.29, 1.82) is 0 Å². The highest BCUT2D eigenvalue weighted by Crippen LogP contribution is 2.19. The minimum absolute atomic E-state index is 0.146. The molecule has 0 fully saturated rings. The SMILES string of the molecule is CC(C)COCCC(=O)N[C@@H](C)c1nc(-c2ccc(F)cc2)no1. The molecule has 1 aromatic heterocycles. The van der Waals surface area contributed by atoms with Gasteiger partial charge in [-0.25, -0.2) is 4.39 Å². The number of ether oxygens (including phenoxy) is 1. The van der Waals surface area contributed by atoms with Crippen LogP contribution >= 0.6 is 0 Å². The lowest BCUT2D eigenvalue weighted by Gasteiger charge is -2.10. The van der Waals surface area contributed by atoms with E-state index in [0.29, 0.717) is 36.4 Å². The fourth-order valence-electron chi connectivity index (χ4n) is 1.99. The zero-order valence-corrected chi connectivity index (χ0v) is 14.1. The van der Waals surface area contributed by atoms with Crippen molar-refractivity contribution in [2.45, 2.75) is 33.2 Å². The maximum absolute atomic E-state index is 12.9. The number of halogens is 1. The maximum Gasteiger partial charge on any atom is 0.249 e. The Morgan fingerprint density at radius 2 is 2.00 bits per heavy atom. The number of aromatic nitrogens is 2. The minimum Gasteiger partial charge on any atom is -0.381 e. The molecule has 1 amide bonds. The summed E-state index contributed by atoms with van der Waals surface area (Å²) in [4.78, 5) is 16.1. The first-order chi connectivity index (χ1) is 11.5. The van der Waals surface area contributed by atoms with Gasteiger partial charge in [0, 0.05) is 18.6 Å². The molecule has 0 aliphatic heterocycles. The molecule has 0 unspecified atom stereocenters. The number of amides is 1. The van der Waals surface area contributed by atoms with Crippen LogP contribution in [0.2, 0.25) is 0 Å². The monoisotopic (exact) mass is 335 g/mol. The molecule has 0 bridgehead atoms. The first-order valence-corrected chi connectivity index (χ1v) is 7.92. The van der Waals surface area contributed by atoms with Gasteiger partial charge >= 0.3 is 0 Å². The van der Waals surface area contributed by atoms with Gasteiger partial charge < -0.3 is 14.6 Å². The molecule has 0 spiro atoms. The largest absolute Gasteiger partial charge is 0.381 e. The molecule has 0 aliphatic rings. The van der Waals surface area contributed by atoms with E-state index in [2.05, 4.69) is 29.3 Å². The normalized spacial score (nSPS) is 12.4. The van der Waals surface area contributed by atoms with Crippen LogP contribution in [0.15, 0.2) is 28.8 Å². The van der Waals surface area contributed by atoms with Crippen molar-refractivity contribution in [3.63, 3.8) is 0 Å². The number of benzene rings is 1. The van der Waals surface area contributed by atoms with Crippen molar-refractivity contribution in [2.75, 3.05) is 13.2 Å². The summed E-state index contributed by atoms with van der Waals surface area (Å²) in [6.07, 6.45) is 0.274. The molecule has 1 heterocycles. The number of rotatable bonds is 8. The summed E-state index contributed by atoms with van der Waals surface area (Å²) in [5, 5.41) is 6.64. The number of carbonyl (C=O) groups excluding carboxylic acids is 1. The maximum atomic E-state index is 12.9. The van der Waals surface area contributed by atoms with Crippen LogP contribution in [0.3, 0.4) is 0 Å². The molecule has 0 saturated heterocycles. The highest BCUT2D eigenvalue weighted by Gasteiger charge is 2.17. The quantitative estimate of drug-likeness (QED) is 0.750. The summed E-state index contributed by atoms with van der Waals surface area (Å²) in [5.41, 5.74) is 0.645. The van der Waals surface area contributed by atoms with Crippen LogP contribution in [0, 0.1) is 11.7 Å². The number of hydrogen-bond donors (Lipinski definition) is 1. The second-order valence-corrected chi connectivity index (χ2v) is 5.97. The Hall–Kier alpha value is -2.28. The Labute approximate surface area is 140 Å². The van der Waals surface area contributed by atoms with Gasteiger partial charge in [0.1, 0.15) is 11.9 Å². The third-order valence-electron chi connectivity index (χ3n) is 3.22. The van der Waals surface area contributed by atoms with E-state index in [0.717, 1.165) is 0 Å². The predicted molar refractivity (Wildman–Crippen MR) is 86.5 cm³/mol. The van der Waals surface area contributed by atoms with Crippen molar-refractivity contribution in [2.24, 2.45) is 5.92 Å². The Bertz CT molecular complexity index is 655. The van der Waals surface area contributed by atoms with Crippen molar-refractivity contribution >= 4 is 5.91 Å². The number of nitrogens with one attached hydrogen (secondary N) is 1. The lowest BCUT2D eigenvalue weighted by Crippen LogP contribution is -2.27. The van der Waals surface area contributed by atoms with E-state index in [1.165, 1.54) is 12.1 Å². The molecule has 2 rings (SSSR count). The molecule has 2 aromatic rings. The van der Waals surface area contributed by atoms with E-state index in [-0.39, 0.29) is 18.1 Å². The number of carbonyl (C=O) groups is 1. The first kappa shape index (κ1) is 18.1. The lowest BCUT2D eigenvalue weighted by molar-refractivity contribution is -0.123. The molecule has 24 heavy (non-hydrogen) atoms.